The lowest BCUT2D eigenvalue weighted by atomic mass is 10.1. The van der Waals surface area contributed by atoms with Gasteiger partial charge in [-0.05, 0) is 31.4 Å². The molecule has 7 nitrogen and oxygen atoms in total. The molecular formula is C15H25ClN4O3S. The molecule has 2 rings (SSSR count). The van der Waals surface area contributed by atoms with Gasteiger partial charge in [0.2, 0.25) is 15.9 Å². The normalized spacial score (nSPS) is 16.4. The van der Waals surface area contributed by atoms with Crippen LogP contribution in [0, 0.1) is 0 Å². The highest BCUT2D eigenvalue weighted by molar-refractivity contribution is 7.89. The summed E-state index contributed by atoms with van der Waals surface area (Å²) in [7, 11) is -3.14. The predicted molar refractivity (Wildman–Crippen MR) is 96.4 cm³/mol. The number of amides is 1. The summed E-state index contributed by atoms with van der Waals surface area (Å²) in [5.74, 6) is 0.0875. The highest BCUT2D eigenvalue weighted by atomic mass is 35.5. The standard InChI is InChI=1S/C15H24N4O3S.ClH/c1-2-9-23(21,22)19-7-5-13(6-8-19)18-15(20)10-14-4-3-12(16)11-17-14;/h3-4,11,13H,2,5-10,16H2,1H3,(H,18,20);1H. The maximum Gasteiger partial charge on any atom is 0.226 e. The van der Waals surface area contributed by atoms with Crippen LogP contribution >= 0.6 is 12.4 Å². The van der Waals surface area contributed by atoms with Crippen LogP contribution in [0.5, 0.6) is 0 Å². The van der Waals surface area contributed by atoms with Gasteiger partial charge in [-0.2, -0.15) is 0 Å². The van der Waals surface area contributed by atoms with Crippen molar-refractivity contribution in [1.82, 2.24) is 14.6 Å². The van der Waals surface area contributed by atoms with Gasteiger partial charge in [0, 0.05) is 24.8 Å². The Labute approximate surface area is 149 Å². The first-order valence-electron chi connectivity index (χ1n) is 7.88. The molecule has 9 heteroatoms. The first kappa shape index (κ1) is 20.7. The SMILES string of the molecule is CCCS(=O)(=O)N1CCC(NC(=O)Cc2ccc(N)cn2)CC1.Cl. The van der Waals surface area contributed by atoms with E-state index in [-0.39, 0.29) is 36.5 Å². The molecule has 1 aromatic heterocycles. The molecule has 1 aromatic rings. The number of anilines is 1. The van der Waals surface area contributed by atoms with Crippen molar-refractivity contribution in [2.75, 3.05) is 24.6 Å². The number of carbonyl (C=O) groups is 1. The summed E-state index contributed by atoms with van der Waals surface area (Å²) in [6, 6.07) is 3.46. The molecule has 0 unspecified atom stereocenters. The van der Waals surface area contributed by atoms with Crippen LogP contribution in [0.25, 0.3) is 0 Å². The zero-order valence-electron chi connectivity index (χ0n) is 13.8. The lowest BCUT2D eigenvalue weighted by molar-refractivity contribution is -0.121. The number of nitrogens with two attached hydrogens (primary N) is 1. The van der Waals surface area contributed by atoms with E-state index in [9.17, 15) is 13.2 Å². The van der Waals surface area contributed by atoms with Crippen molar-refractivity contribution in [2.45, 2.75) is 38.6 Å². The van der Waals surface area contributed by atoms with Gasteiger partial charge in [0.05, 0.1) is 24.1 Å². The second-order valence-electron chi connectivity index (χ2n) is 5.82. The third-order valence-electron chi connectivity index (χ3n) is 3.86. The van der Waals surface area contributed by atoms with Crippen LogP contribution in [0.1, 0.15) is 31.9 Å². The third-order valence-corrected chi connectivity index (χ3v) is 5.94. The Morgan fingerprint density at radius 1 is 1.38 bits per heavy atom. The molecule has 3 N–H and O–H groups in total. The van der Waals surface area contributed by atoms with Gasteiger partial charge in [-0.15, -0.1) is 12.4 Å². The van der Waals surface area contributed by atoms with E-state index in [0.29, 0.717) is 43.7 Å². The monoisotopic (exact) mass is 376 g/mol. The number of nitrogens with zero attached hydrogens (tertiary/aromatic N) is 2. The molecule has 0 spiro atoms. The molecule has 0 bridgehead atoms. The van der Waals surface area contributed by atoms with Gasteiger partial charge in [0.25, 0.3) is 0 Å². The first-order chi connectivity index (χ1) is 10.9. The Bertz CT molecular complexity index is 629. The summed E-state index contributed by atoms with van der Waals surface area (Å²) in [4.78, 5) is 16.1. The van der Waals surface area contributed by atoms with E-state index >= 15 is 0 Å². The molecule has 0 aliphatic carbocycles. The number of nitrogen functional groups attached to an aromatic ring is 1. The minimum Gasteiger partial charge on any atom is -0.397 e. The van der Waals surface area contributed by atoms with E-state index in [1.165, 1.54) is 10.5 Å². The van der Waals surface area contributed by atoms with Crippen molar-refractivity contribution < 1.29 is 13.2 Å². The second-order valence-corrected chi connectivity index (χ2v) is 7.90. The Hall–Kier alpha value is -1.38. The van der Waals surface area contributed by atoms with E-state index in [0.717, 1.165) is 0 Å². The Morgan fingerprint density at radius 2 is 2.04 bits per heavy atom. The number of sulfonamides is 1. The molecule has 0 atom stereocenters. The van der Waals surface area contributed by atoms with Crippen molar-refractivity contribution >= 4 is 34.0 Å². The number of rotatable bonds is 6. The highest BCUT2D eigenvalue weighted by Gasteiger charge is 2.27. The van der Waals surface area contributed by atoms with Gasteiger partial charge in [0.1, 0.15) is 0 Å². The maximum absolute atomic E-state index is 12.0. The number of hydrogen-bond donors (Lipinski definition) is 2. The van der Waals surface area contributed by atoms with E-state index in [4.69, 9.17) is 5.73 Å². The van der Waals surface area contributed by atoms with Crippen molar-refractivity contribution in [3.8, 4) is 0 Å². The summed E-state index contributed by atoms with van der Waals surface area (Å²) >= 11 is 0. The van der Waals surface area contributed by atoms with Crippen LogP contribution in [0.3, 0.4) is 0 Å². The molecule has 24 heavy (non-hydrogen) atoms. The highest BCUT2D eigenvalue weighted by Crippen LogP contribution is 2.15. The molecule has 1 fully saturated rings. The van der Waals surface area contributed by atoms with Crippen molar-refractivity contribution in [3.05, 3.63) is 24.0 Å². The molecule has 1 aliphatic heterocycles. The molecule has 136 valence electrons. The zero-order valence-corrected chi connectivity index (χ0v) is 15.4. The second kappa shape index (κ2) is 9.19. The Balaban J connectivity index is 0.00000288. The molecule has 0 radical (unpaired) electrons. The van der Waals surface area contributed by atoms with E-state index in [2.05, 4.69) is 10.3 Å². The van der Waals surface area contributed by atoms with Crippen molar-refractivity contribution in [3.63, 3.8) is 0 Å². The van der Waals surface area contributed by atoms with E-state index < -0.39 is 10.0 Å². The van der Waals surface area contributed by atoms with E-state index in [1.54, 1.807) is 12.1 Å². The lowest BCUT2D eigenvalue weighted by Gasteiger charge is -2.31. The van der Waals surface area contributed by atoms with Crippen LogP contribution < -0.4 is 11.1 Å². The molecule has 2 heterocycles. The Morgan fingerprint density at radius 3 is 2.58 bits per heavy atom. The summed E-state index contributed by atoms with van der Waals surface area (Å²) in [6.07, 6.45) is 3.63. The van der Waals surface area contributed by atoms with Crippen LogP contribution in [0.2, 0.25) is 0 Å². The van der Waals surface area contributed by atoms with Gasteiger partial charge in [-0.25, -0.2) is 12.7 Å². The van der Waals surface area contributed by atoms with Crippen LogP contribution in [-0.2, 0) is 21.2 Å². The summed E-state index contributed by atoms with van der Waals surface area (Å²) in [6.45, 7) is 2.79. The number of hydrogen-bond acceptors (Lipinski definition) is 5. The van der Waals surface area contributed by atoms with Gasteiger partial charge in [-0.1, -0.05) is 6.92 Å². The van der Waals surface area contributed by atoms with Gasteiger partial charge >= 0.3 is 0 Å². The Kier molecular flexibility index (Phi) is 7.92. The molecule has 1 saturated heterocycles. The number of piperidine rings is 1. The first-order valence-corrected chi connectivity index (χ1v) is 9.49. The largest absolute Gasteiger partial charge is 0.397 e. The number of nitrogens with one attached hydrogen (secondary N) is 1. The van der Waals surface area contributed by atoms with E-state index in [1.807, 2.05) is 6.92 Å². The molecule has 0 saturated carbocycles. The smallest absolute Gasteiger partial charge is 0.226 e. The lowest BCUT2D eigenvalue weighted by Crippen LogP contribution is -2.47. The minimum atomic E-state index is -3.14. The fourth-order valence-corrected chi connectivity index (χ4v) is 4.19. The van der Waals surface area contributed by atoms with Gasteiger partial charge in [0.15, 0.2) is 0 Å². The summed E-state index contributed by atoms with van der Waals surface area (Å²) in [5, 5.41) is 2.95. The third kappa shape index (κ3) is 5.92. The molecule has 1 amide bonds. The summed E-state index contributed by atoms with van der Waals surface area (Å²) < 4.78 is 25.5. The molecule has 1 aliphatic rings. The number of aromatic nitrogens is 1. The van der Waals surface area contributed by atoms with Crippen molar-refractivity contribution in [1.29, 1.82) is 0 Å². The topological polar surface area (TPSA) is 105 Å². The fourth-order valence-electron chi connectivity index (χ4n) is 2.65. The molecule has 0 aromatic carbocycles. The minimum absolute atomic E-state index is 0. The average molecular weight is 377 g/mol. The van der Waals surface area contributed by atoms with Crippen molar-refractivity contribution in [2.24, 2.45) is 0 Å². The quantitative estimate of drug-likeness (QED) is 0.768. The van der Waals surface area contributed by atoms with Gasteiger partial charge < -0.3 is 11.1 Å². The molecular weight excluding hydrogens is 352 g/mol. The van der Waals surface area contributed by atoms with Crippen LogP contribution in [-0.4, -0.2) is 48.5 Å². The zero-order chi connectivity index (χ0) is 16.9. The number of carbonyl (C=O) groups excluding carboxylic acids is 1. The predicted octanol–water partition coefficient (Wildman–Crippen LogP) is 0.948. The summed E-state index contributed by atoms with van der Waals surface area (Å²) in [5.41, 5.74) is 6.79. The van der Waals surface area contributed by atoms with Crippen LogP contribution in [0.4, 0.5) is 5.69 Å². The van der Waals surface area contributed by atoms with Crippen LogP contribution in [0.15, 0.2) is 18.3 Å². The number of halogens is 1. The van der Waals surface area contributed by atoms with Gasteiger partial charge in [-0.3, -0.25) is 9.78 Å². The fraction of sp³-hybridized carbons (Fsp3) is 0.600. The number of pyridine rings is 1. The maximum atomic E-state index is 12.0. The average Bonchev–Trinajstić information content (AvgIpc) is 2.50.